The smallest absolute Gasteiger partial charge is 0.191 e. The van der Waals surface area contributed by atoms with Crippen LogP contribution in [0.5, 0.6) is 0 Å². The summed E-state index contributed by atoms with van der Waals surface area (Å²) in [5.41, 5.74) is 2.50. The molecule has 5 nitrogen and oxygen atoms in total. The van der Waals surface area contributed by atoms with E-state index in [0.717, 1.165) is 43.3 Å². The summed E-state index contributed by atoms with van der Waals surface area (Å²) < 4.78 is 0. The minimum atomic E-state index is 0.209. The maximum absolute atomic E-state index is 4.55. The van der Waals surface area contributed by atoms with Gasteiger partial charge >= 0.3 is 0 Å². The van der Waals surface area contributed by atoms with Crippen molar-refractivity contribution in [3.05, 3.63) is 23.8 Å². The topological polar surface area (TPSA) is 62.2 Å². The van der Waals surface area contributed by atoms with E-state index in [4.69, 9.17) is 0 Å². The van der Waals surface area contributed by atoms with Crippen LogP contribution in [0.15, 0.2) is 17.4 Å². The average molecular weight is 273 g/mol. The Hall–Kier alpha value is -1.65. The lowest BCUT2D eigenvalue weighted by molar-refractivity contribution is 0.192. The van der Waals surface area contributed by atoms with E-state index in [9.17, 15) is 0 Å². The second-order valence-electron chi connectivity index (χ2n) is 6.75. The Morgan fingerprint density at radius 1 is 1.25 bits per heavy atom. The van der Waals surface area contributed by atoms with Crippen molar-refractivity contribution in [1.29, 1.82) is 0 Å². The molecule has 2 unspecified atom stereocenters. The zero-order valence-corrected chi connectivity index (χ0v) is 12.5. The third-order valence-electron chi connectivity index (χ3n) is 4.31. The molecule has 2 heterocycles. The van der Waals surface area contributed by atoms with Gasteiger partial charge in [0.15, 0.2) is 5.96 Å². The number of aromatic nitrogens is 2. The van der Waals surface area contributed by atoms with Gasteiger partial charge < -0.3 is 10.6 Å². The highest BCUT2D eigenvalue weighted by molar-refractivity contribution is 5.81. The lowest BCUT2D eigenvalue weighted by Crippen LogP contribution is -2.41. The fourth-order valence-electron chi connectivity index (χ4n) is 2.99. The van der Waals surface area contributed by atoms with Crippen molar-refractivity contribution in [1.82, 2.24) is 20.6 Å². The van der Waals surface area contributed by atoms with Crippen LogP contribution < -0.4 is 10.6 Å². The molecule has 2 atom stereocenters. The Balaban J connectivity index is 1.87. The fourth-order valence-corrected chi connectivity index (χ4v) is 2.99. The predicted octanol–water partition coefficient (Wildman–Crippen LogP) is 1.67. The molecule has 0 radical (unpaired) electrons. The summed E-state index contributed by atoms with van der Waals surface area (Å²) in [6.07, 6.45) is 5.68. The van der Waals surface area contributed by atoms with Crippen LogP contribution in [0.3, 0.4) is 0 Å². The Kier molecular flexibility index (Phi) is 3.36. The van der Waals surface area contributed by atoms with Crippen molar-refractivity contribution in [2.45, 2.75) is 39.7 Å². The molecule has 0 saturated carbocycles. The first-order valence-corrected chi connectivity index (χ1v) is 7.38. The first-order valence-electron chi connectivity index (χ1n) is 7.38. The van der Waals surface area contributed by atoms with Crippen molar-refractivity contribution in [2.75, 3.05) is 13.1 Å². The van der Waals surface area contributed by atoms with Crippen molar-refractivity contribution in [2.24, 2.45) is 16.3 Å². The molecule has 2 N–H and O–H groups in total. The van der Waals surface area contributed by atoms with Crippen LogP contribution in [-0.2, 0) is 6.42 Å². The molecule has 0 bridgehead atoms. The van der Waals surface area contributed by atoms with Crippen LogP contribution in [-0.4, -0.2) is 29.0 Å². The molecule has 108 valence electrons. The Morgan fingerprint density at radius 3 is 2.75 bits per heavy atom. The van der Waals surface area contributed by atoms with Gasteiger partial charge in [0.1, 0.15) is 0 Å². The molecule has 20 heavy (non-hydrogen) atoms. The second-order valence-corrected chi connectivity index (χ2v) is 6.75. The van der Waals surface area contributed by atoms with Crippen LogP contribution in [0, 0.1) is 11.3 Å². The van der Waals surface area contributed by atoms with Gasteiger partial charge in [-0.15, -0.1) is 0 Å². The third kappa shape index (κ3) is 2.62. The quantitative estimate of drug-likeness (QED) is 0.817. The first-order chi connectivity index (χ1) is 9.54. The molecule has 0 aromatic carbocycles. The molecule has 1 aromatic heterocycles. The van der Waals surface area contributed by atoms with E-state index in [-0.39, 0.29) is 11.5 Å². The molecule has 0 spiro atoms. The molecule has 2 aliphatic rings. The average Bonchev–Trinajstić information content (AvgIpc) is 2.90. The van der Waals surface area contributed by atoms with E-state index in [1.165, 1.54) is 0 Å². The Bertz CT molecular complexity index is 517. The molecule has 0 saturated heterocycles. The molecule has 1 aliphatic heterocycles. The number of hydrogen-bond acceptors (Lipinski definition) is 5. The summed E-state index contributed by atoms with van der Waals surface area (Å²) >= 11 is 0. The molecule has 5 heteroatoms. The van der Waals surface area contributed by atoms with Crippen LogP contribution in [0.25, 0.3) is 0 Å². The third-order valence-corrected chi connectivity index (χ3v) is 4.31. The SMILES string of the molecule is CC(C)(C)C1Cc2nccnc2C(NC2=NCCN2)C1. The molecule has 1 aromatic rings. The van der Waals surface area contributed by atoms with E-state index >= 15 is 0 Å². The Labute approximate surface area is 120 Å². The van der Waals surface area contributed by atoms with E-state index in [2.05, 4.69) is 46.4 Å². The molecular formula is C15H23N5. The number of fused-ring (bicyclic) bond motifs is 1. The first kappa shape index (κ1) is 13.3. The van der Waals surface area contributed by atoms with Gasteiger partial charge in [0.05, 0.1) is 24.0 Å². The lowest BCUT2D eigenvalue weighted by atomic mass is 9.71. The number of nitrogens with zero attached hydrogens (tertiary/aromatic N) is 3. The minimum absolute atomic E-state index is 0.209. The van der Waals surface area contributed by atoms with Gasteiger partial charge in [-0.2, -0.15) is 0 Å². The van der Waals surface area contributed by atoms with Gasteiger partial charge in [0.2, 0.25) is 0 Å². The Morgan fingerprint density at radius 2 is 2.05 bits per heavy atom. The summed E-state index contributed by atoms with van der Waals surface area (Å²) in [7, 11) is 0. The molecular weight excluding hydrogens is 250 g/mol. The van der Waals surface area contributed by atoms with Crippen molar-refractivity contribution in [3.63, 3.8) is 0 Å². The summed E-state index contributed by atoms with van der Waals surface area (Å²) in [5.74, 6) is 1.51. The summed E-state index contributed by atoms with van der Waals surface area (Å²) in [5, 5.41) is 6.79. The highest BCUT2D eigenvalue weighted by atomic mass is 15.2. The van der Waals surface area contributed by atoms with Gasteiger partial charge in [0.25, 0.3) is 0 Å². The van der Waals surface area contributed by atoms with Crippen LogP contribution in [0.1, 0.15) is 44.6 Å². The standard InChI is InChI=1S/C15H23N5/c1-15(2,3)10-8-11-13(17-5-4-16-11)12(9-10)20-14-18-6-7-19-14/h4-5,10,12H,6-9H2,1-3H3,(H2,18,19,20). The summed E-state index contributed by atoms with van der Waals surface area (Å²) in [6, 6.07) is 0.209. The van der Waals surface area contributed by atoms with Crippen molar-refractivity contribution in [3.8, 4) is 0 Å². The molecule has 0 fully saturated rings. The van der Waals surface area contributed by atoms with Crippen LogP contribution in [0.4, 0.5) is 0 Å². The lowest BCUT2D eigenvalue weighted by Gasteiger charge is -2.38. The second kappa shape index (κ2) is 5.04. The van der Waals surface area contributed by atoms with Crippen LogP contribution >= 0.6 is 0 Å². The van der Waals surface area contributed by atoms with E-state index in [1.807, 2.05) is 0 Å². The number of aliphatic imine (C=N–C) groups is 1. The van der Waals surface area contributed by atoms with Crippen LogP contribution in [0.2, 0.25) is 0 Å². The molecule has 1 aliphatic carbocycles. The van der Waals surface area contributed by atoms with Gasteiger partial charge in [-0.1, -0.05) is 20.8 Å². The largest absolute Gasteiger partial charge is 0.355 e. The zero-order chi connectivity index (χ0) is 14.2. The van der Waals surface area contributed by atoms with E-state index in [0.29, 0.717) is 5.92 Å². The molecule has 0 amide bonds. The van der Waals surface area contributed by atoms with Gasteiger partial charge in [-0.05, 0) is 24.2 Å². The maximum atomic E-state index is 4.55. The zero-order valence-electron chi connectivity index (χ0n) is 12.5. The highest BCUT2D eigenvalue weighted by Crippen LogP contribution is 2.40. The molecule has 3 rings (SSSR count). The van der Waals surface area contributed by atoms with Gasteiger partial charge in [-0.3, -0.25) is 15.0 Å². The number of nitrogens with one attached hydrogen (secondary N) is 2. The normalized spacial score (nSPS) is 25.6. The monoisotopic (exact) mass is 273 g/mol. The van der Waals surface area contributed by atoms with Crippen molar-refractivity contribution < 1.29 is 0 Å². The highest BCUT2D eigenvalue weighted by Gasteiger charge is 2.35. The summed E-state index contributed by atoms with van der Waals surface area (Å²) in [6.45, 7) is 8.69. The minimum Gasteiger partial charge on any atom is -0.355 e. The number of guanidine groups is 1. The summed E-state index contributed by atoms with van der Waals surface area (Å²) in [4.78, 5) is 13.5. The van der Waals surface area contributed by atoms with E-state index in [1.54, 1.807) is 12.4 Å². The predicted molar refractivity (Wildman–Crippen MR) is 79.5 cm³/mol. The van der Waals surface area contributed by atoms with Crippen molar-refractivity contribution >= 4 is 5.96 Å². The van der Waals surface area contributed by atoms with Gasteiger partial charge in [0, 0.05) is 18.9 Å². The maximum Gasteiger partial charge on any atom is 0.191 e. The van der Waals surface area contributed by atoms with Gasteiger partial charge in [-0.25, -0.2) is 0 Å². The number of rotatable bonds is 1. The number of hydrogen-bond donors (Lipinski definition) is 2. The van der Waals surface area contributed by atoms with E-state index < -0.39 is 0 Å². The fraction of sp³-hybridized carbons (Fsp3) is 0.667.